The van der Waals surface area contributed by atoms with Crippen LogP contribution in [0.5, 0.6) is 0 Å². The van der Waals surface area contributed by atoms with E-state index in [9.17, 15) is 5.11 Å². The van der Waals surface area contributed by atoms with E-state index in [1.807, 2.05) is 18.2 Å². The number of fused-ring (bicyclic) bond motifs is 1. The van der Waals surface area contributed by atoms with Crippen LogP contribution in [0.2, 0.25) is 0 Å². The SMILES string of the molecule is Cc1ccc(CO)cc1NCc1nnc2n1CCCCC2. The highest BCUT2D eigenvalue weighted by atomic mass is 16.3. The van der Waals surface area contributed by atoms with Gasteiger partial charge in [0.1, 0.15) is 5.82 Å². The second kappa shape index (κ2) is 6.26. The third-order valence-electron chi connectivity index (χ3n) is 4.11. The van der Waals surface area contributed by atoms with Crippen LogP contribution in [0.1, 0.15) is 42.0 Å². The minimum atomic E-state index is 0.0648. The fraction of sp³-hybridized carbons (Fsp3) is 0.500. The van der Waals surface area contributed by atoms with Crippen molar-refractivity contribution in [1.29, 1.82) is 0 Å². The summed E-state index contributed by atoms with van der Waals surface area (Å²) in [4.78, 5) is 0. The van der Waals surface area contributed by atoms with Gasteiger partial charge in [0.25, 0.3) is 0 Å². The van der Waals surface area contributed by atoms with Crippen molar-refractivity contribution in [2.75, 3.05) is 5.32 Å². The van der Waals surface area contributed by atoms with Gasteiger partial charge in [0.15, 0.2) is 5.82 Å². The first kappa shape index (κ1) is 14.1. The molecule has 5 heteroatoms. The van der Waals surface area contributed by atoms with E-state index < -0.39 is 0 Å². The summed E-state index contributed by atoms with van der Waals surface area (Å²) in [6.45, 7) is 3.82. The fourth-order valence-corrected chi connectivity index (χ4v) is 2.81. The van der Waals surface area contributed by atoms with Crippen LogP contribution in [-0.2, 0) is 26.1 Å². The summed E-state index contributed by atoms with van der Waals surface area (Å²) in [5.74, 6) is 2.12. The van der Waals surface area contributed by atoms with E-state index in [2.05, 4.69) is 27.0 Å². The van der Waals surface area contributed by atoms with Crippen LogP contribution in [-0.4, -0.2) is 19.9 Å². The molecule has 0 fully saturated rings. The predicted molar refractivity (Wildman–Crippen MR) is 82.0 cm³/mol. The quantitative estimate of drug-likeness (QED) is 0.906. The monoisotopic (exact) mass is 286 g/mol. The van der Waals surface area contributed by atoms with E-state index in [0.717, 1.165) is 35.9 Å². The lowest BCUT2D eigenvalue weighted by Gasteiger charge is -2.12. The molecule has 0 saturated carbocycles. The molecule has 112 valence electrons. The summed E-state index contributed by atoms with van der Waals surface area (Å²) in [6.07, 6.45) is 4.72. The second-order valence-electron chi connectivity index (χ2n) is 5.66. The Morgan fingerprint density at radius 2 is 2.14 bits per heavy atom. The van der Waals surface area contributed by atoms with E-state index in [0.29, 0.717) is 6.54 Å². The summed E-state index contributed by atoms with van der Waals surface area (Å²) in [6, 6.07) is 5.97. The number of aliphatic hydroxyl groups excluding tert-OH is 1. The summed E-state index contributed by atoms with van der Waals surface area (Å²) in [5.41, 5.74) is 3.14. The predicted octanol–water partition coefficient (Wildman–Crippen LogP) is 2.42. The Bertz CT molecular complexity index is 621. The molecular formula is C16H22N4O. The zero-order chi connectivity index (χ0) is 14.7. The molecule has 0 bridgehead atoms. The molecule has 1 aromatic heterocycles. The Morgan fingerprint density at radius 1 is 1.24 bits per heavy atom. The standard InChI is InChI=1S/C16H22N4O/c1-12-6-7-13(11-21)9-14(12)17-10-16-19-18-15-5-3-2-4-8-20(15)16/h6-7,9,17,21H,2-5,8,10-11H2,1H3. The van der Waals surface area contributed by atoms with Crippen molar-refractivity contribution < 1.29 is 5.11 Å². The van der Waals surface area contributed by atoms with Crippen molar-refractivity contribution in [1.82, 2.24) is 14.8 Å². The Balaban J connectivity index is 1.75. The van der Waals surface area contributed by atoms with Gasteiger partial charge in [-0.15, -0.1) is 10.2 Å². The number of aliphatic hydroxyl groups is 1. The molecule has 1 aliphatic rings. The van der Waals surface area contributed by atoms with Crippen LogP contribution in [0.25, 0.3) is 0 Å². The van der Waals surface area contributed by atoms with Crippen molar-refractivity contribution >= 4 is 5.69 Å². The maximum Gasteiger partial charge on any atom is 0.152 e. The van der Waals surface area contributed by atoms with Gasteiger partial charge in [-0.1, -0.05) is 18.6 Å². The number of anilines is 1. The molecular weight excluding hydrogens is 264 g/mol. The van der Waals surface area contributed by atoms with Gasteiger partial charge in [0.05, 0.1) is 13.2 Å². The van der Waals surface area contributed by atoms with E-state index in [4.69, 9.17) is 0 Å². The van der Waals surface area contributed by atoms with Crippen LogP contribution < -0.4 is 5.32 Å². The van der Waals surface area contributed by atoms with Crippen LogP contribution in [0.4, 0.5) is 5.69 Å². The summed E-state index contributed by atoms with van der Waals surface area (Å²) < 4.78 is 2.26. The zero-order valence-electron chi connectivity index (χ0n) is 12.5. The molecule has 2 N–H and O–H groups in total. The number of benzene rings is 1. The molecule has 5 nitrogen and oxygen atoms in total. The van der Waals surface area contributed by atoms with Gasteiger partial charge < -0.3 is 15.0 Å². The third-order valence-corrected chi connectivity index (χ3v) is 4.11. The number of hydrogen-bond donors (Lipinski definition) is 2. The van der Waals surface area contributed by atoms with Crippen LogP contribution in [0, 0.1) is 6.92 Å². The number of aromatic nitrogens is 3. The Morgan fingerprint density at radius 3 is 3.00 bits per heavy atom. The molecule has 0 aliphatic carbocycles. The van der Waals surface area contributed by atoms with Gasteiger partial charge in [0, 0.05) is 18.7 Å². The van der Waals surface area contributed by atoms with Gasteiger partial charge >= 0.3 is 0 Å². The number of nitrogens with zero attached hydrogens (tertiary/aromatic N) is 3. The molecule has 0 amide bonds. The van der Waals surface area contributed by atoms with Crippen molar-refractivity contribution in [3.8, 4) is 0 Å². The van der Waals surface area contributed by atoms with Crippen LogP contribution in [0.3, 0.4) is 0 Å². The van der Waals surface area contributed by atoms with Crippen molar-refractivity contribution in [3.63, 3.8) is 0 Å². The molecule has 21 heavy (non-hydrogen) atoms. The molecule has 0 radical (unpaired) electrons. The molecule has 2 heterocycles. The highest BCUT2D eigenvalue weighted by Gasteiger charge is 2.14. The topological polar surface area (TPSA) is 63.0 Å². The third kappa shape index (κ3) is 3.08. The van der Waals surface area contributed by atoms with E-state index in [1.54, 1.807) is 0 Å². The molecule has 0 atom stereocenters. The number of aryl methyl sites for hydroxylation is 2. The number of rotatable bonds is 4. The van der Waals surface area contributed by atoms with Gasteiger partial charge in [-0.05, 0) is 37.0 Å². The molecule has 2 aromatic rings. The molecule has 3 rings (SSSR count). The summed E-state index contributed by atoms with van der Waals surface area (Å²) in [5, 5.41) is 21.3. The average Bonchev–Trinajstić information content (AvgIpc) is 2.73. The lowest BCUT2D eigenvalue weighted by molar-refractivity contribution is 0.282. The molecule has 1 aliphatic heterocycles. The van der Waals surface area contributed by atoms with Crippen LogP contribution >= 0.6 is 0 Å². The average molecular weight is 286 g/mol. The molecule has 1 aromatic carbocycles. The van der Waals surface area contributed by atoms with Gasteiger partial charge in [-0.2, -0.15) is 0 Å². The molecule has 0 spiro atoms. The highest BCUT2D eigenvalue weighted by molar-refractivity contribution is 5.52. The summed E-state index contributed by atoms with van der Waals surface area (Å²) >= 11 is 0. The van der Waals surface area contributed by atoms with Crippen molar-refractivity contribution in [2.45, 2.75) is 52.3 Å². The zero-order valence-corrected chi connectivity index (χ0v) is 12.5. The number of hydrogen-bond acceptors (Lipinski definition) is 4. The van der Waals surface area contributed by atoms with E-state index >= 15 is 0 Å². The van der Waals surface area contributed by atoms with Gasteiger partial charge in [0.2, 0.25) is 0 Å². The first-order valence-electron chi connectivity index (χ1n) is 7.63. The molecule has 0 unspecified atom stereocenters. The normalized spacial score (nSPS) is 14.6. The Hall–Kier alpha value is -1.88. The maximum absolute atomic E-state index is 9.24. The lowest BCUT2D eigenvalue weighted by atomic mass is 10.1. The van der Waals surface area contributed by atoms with Gasteiger partial charge in [-0.25, -0.2) is 0 Å². The van der Waals surface area contributed by atoms with Crippen molar-refractivity contribution in [3.05, 3.63) is 41.0 Å². The van der Waals surface area contributed by atoms with E-state index in [-0.39, 0.29) is 6.61 Å². The highest BCUT2D eigenvalue weighted by Crippen LogP contribution is 2.19. The Kier molecular flexibility index (Phi) is 4.20. The largest absolute Gasteiger partial charge is 0.392 e. The number of nitrogens with one attached hydrogen (secondary N) is 1. The first-order chi connectivity index (χ1) is 10.3. The Labute approximate surface area is 125 Å². The minimum absolute atomic E-state index is 0.0648. The van der Waals surface area contributed by atoms with E-state index in [1.165, 1.54) is 24.8 Å². The smallest absolute Gasteiger partial charge is 0.152 e. The van der Waals surface area contributed by atoms with Gasteiger partial charge in [-0.3, -0.25) is 0 Å². The van der Waals surface area contributed by atoms with Crippen LogP contribution in [0.15, 0.2) is 18.2 Å². The second-order valence-corrected chi connectivity index (χ2v) is 5.66. The first-order valence-corrected chi connectivity index (χ1v) is 7.63. The maximum atomic E-state index is 9.24. The van der Waals surface area contributed by atoms with Crippen molar-refractivity contribution in [2.24, 2.45) is 0 Å². The molecule has 0 saturated heterocycles. The lowest BCUT2D eigenvalue weighted by Crippen LogP contribution is -2.11. The summed E-state index contributed by atoms with van der Waals surface area (Å²) in [7, 11) is 0. The fourth-order valence-electron chi connectivity index (χ4n) is 2.81. The minimum Gasteiger partial charge on any atom is -0.392 e.